The van der Waals surface area contributed by atoms with Crippen LogP contribution in [0.4, 0.5) is 13.2 Å². The van der Waals surface area contributed by atoms with Gasteiger partial charge in [0.25, 0.3) is 5.91 Å². The van der Waals surface area contributed by atoms with Crippen LogP contribution in [0, 0.1) is 0 Å². The maximum absolute atomic E-state index is 13.3. The van der Waals surface area contributed by atoms with Gasteiger partial charge in [0.05, 0.1) is 17.2 Å². The summed E-state index contributed by atoms with van der Waals surface area (Å²) in [6, 6.07) is 11.2. The number of hydrazone groups is 1. The molecule has 1 amide bonds. The lowest BCUT2D eigenvalue weighted by molar-refractivity contribution is -0.147. The maximum Gasteiger partial charge on any atom is 0.449 e. The third kappa shape index (κ3) is 3.48. The Bertz CT molecular complexity index is 1080. The van der Waals surface area contributed by atoms with E-state index in [9.17, 15) is 18.0 Å². The number of hydrogen-bond donors (Lipinski definition) is 1. The monoisotopic (exact) mass is 390 g/mol. The highest BCUT2D eigenvalue weighted by Gasteiger charge is 2.37. The minimum Gasteiger partial charge on any atom is -0.454 e. The Labute approximate surface area is 156 Å². The number of alkyl halides is 3. The number of rotatable bonds is 4. The zero-order valence-electron chi connectivity index (χ0n) is 14.2. The molecule has 0 aliphatic carbocycles. The summed E-state index contributed by atoms with van der Waals surface area (Å²) in [5, 5.41) is 3.78. The number of aromatic nitrogens is 2. The van der Waals surface area contributed by atoms with Gasteiger partial charge >= 0.3 is 6.18 Å². The molecule has 0 bridgehead atoms. The standard InChI is InChI=1S/C18H13F3N4O3/c19-18(20,21)17-23-12-3-1-2-4-13(12)25(17)9-16(26)24-22-8-11-5-6-14-15(7-11)28-10-27-14/h1-8H,9-10H2,(H,24,26)/b22-8-. The van der Waals surface area contributed by atoms with Crippen molar-refractivity contribution in [3.8, 4) is 11.5 Å². The third-order valence-corrected chi connectivity index (χ3v) is 4.01. The van der Waals surface area contributed by atoms with E-state index in [2.05, 4.69) is 15.5 Å². The number of hydrogen-bond acceptors (Lipinski definition) is 5. The molecule has 4 rings (SSSR count). The van der Waals surface area contributed by atoms with Gasteiger partial charge in [0.1, 0.15) is 6.54 Å². The molecule has 0 saturated carbocycles. The fourth-order valence-corrected chi connectivity index (χ4v) is 2.80. The molecule has 10 heteroatoms. The largest absolute Gasteiger partial charge is 0.454 e. The van der Waals surface area contributed by atoms with Crippen LogP contribution in [0.1, 0.15) is 11.4 Å². The minimum atomic E-state index is -4.69. The van der Waals surface area contributed by atoms with Gasteiger partial charge in [-0.05, 0) is 35.9 Å². The number of ether oxygens (including phenoxy) is 2. The van der Waals surface area contributed by atoms with Gasteiger partial charge in [0.2, 0.25) is 12.6 Å². The van der Waals surface area contributed by atoms with E-state index in [-0.39, 0.29) is 17.8 Å². The summed E-state index contributed by atoms with van der Waals surface area (Å²) < 4.78 is 51.0. The molecule has 0 fully saturated rings. The zero-order chi connectivity index (χ0) is 19.7. The number of carbonyl (C=O) groups excluding carboxylic acids is 1. The van der Waals surface area contributed by atoms with E-state index >= 15 is 0 Å². The van der Waals surface area contributed by atoms with Crippen molar-refractivity contribution in [3.05, 3.63) is 53.9 Å². The molecule has 3 aromatic rings. The Morgan fingerprint density at radius 1 is 1.21 bits per heavy atom. The lowest BCUT2D eigenvalue weighted by Crippen LogP contribution is -2.26. The first-order chi connectivity index (χ1) is 13.4. The lowest BCUT2D eigenvalue weighted by atomic mass is 10.2. The molecule has 1 aromatic heterocycles. The topological polar surface area (TPSA) is 77.7 Å². The molecular formula is C18H13F3N4O3. The number of nitrogens with zero attached hydrogens (tertiary/aromatic N) is 3. The van der Waals surface area contributed by atoms with Crippen LogP contribution in [0.5, 0.6) is 11.5 Å². The summed E-state index contributed by atoms with van der Waals surface area (Å²) in [6.45, 7) is -0.444. The van der Waals surface area contributed by atoms with E-state index < -0.39 is 24.5 Å². The Hall–Kier alpha value is -3.56. The maximum atomic E-state index is 13.3. The van der Waals surface area contributed by atoms with E-state index in [4.69, 9.17) is 9.47 Å². The summed E-state index contributed by atoms with van der Waals surface area (Å²) in [4.78, 5) is 15.7. The van der Waals surface area contributed by atoms with Gasteiger partial charge in [-0.15, -0.1) is 0 Å². The normalized spacial score (nSPS) is 13.4. The summed E-state index contributed by atoms with van der Waals surface area (Å²) in [5.74, 6) is -0.697. The van der Waals surface area contributed by atoms with Crippen LogP contribution in [0.15, 0.2) is 47.6 Å². The molecule has 2 aromatic carbocycles. The van der Waals surface area contributed by atoms with Crippen LogP contribution >= 0.6 is 0 Å². The fraction of sp³-hybridized carbons (Fsp3) is 0.167. The van der Waals surface area contributed by atoms with Crippen molar-refractivity contribution < 1.29 is 27.4 Å². The number of para-hydroxylation sites is 2. The molecule has 0 unspecified atom stereocenters. The average Bonchev–Trinajstić information content (AvgIpc) is 3.26. The fourth-order valence-electron chi connectivity index (χ4n) is 2.80. The number of amides is 1. The number of imidazole rings is 1. The lowest BCUT2D eigenvalue weighted by Gasteiger charge is -2.10. The van der Waals surface area contributed by atoms with Gasteiger partial charge in [-0.25, -0.2) is 10.4 Å². The molecule has 0 atom stereocenters. The van der Waals surface area contributed by atoms with Crippen molar-refractivity contribution >= 4 is 23.2 Å². The highest BCUT2D eigenvalue weighted by Crippen LogP contribution is 2.32. The predicted molar refractivity (Wildman–Crippen MR) is 93.0 cm³/mol. The molecular weight excluding hydrogens is 377 g/mol. The highest BCUT2D eigenvalue weighted by atomic mass is 19.4. The first-order valence-corrected chi connectivity index (χ1v) is 8.16. The number of fused-ring (bicyclic) bond motifs is 2. The van der Waals surface area contributed by atoms with Crippen molar-refractivity contribution in [1.82, 2.24) is 15.0 Å². The Morgan fingerprint density at radius 2 is 2.00 bits per heavy atom. The summed E-state index contributed by atoms with van der Waals surface area (Å²) in [5.41, 5.74) is 3.23. The number of nitrogens with one attached hydrogen (secondary N) is 1. The summed E-state index contributed by atoms with van der Waals surface area (Å²) in [6.07, 6.45) is -3.33. The second kappa shape index (κ2) is 6.87. The van der Waals surface area contributed by atoms with Gasteiger partial charge in [-0.2, -0.15) is 18.3 Å². The first-order valence-electron chi connectivity index (χ1n) is 8.16. The van der Waals surface area contributed by atoms with E-state index in [1.165, 1.54) is 18.3 Å². The third-order valence-electron chi connectivity index (χ3n) is 4.01. The molecule has 7 nitrogen and oxygen atoms in total. The Morgan fingerprint density at radius 3 is 2.82 bits per heavy atom. The van der Waals surface area contributed by atoms with Crippen molar-refractivity contribution in [2.45, 2.75) is 12.7 Å². The molecule has 0 saturated heterocycles. The molecule has 2 heterocycles. The summed E-state index contributed by atoms with van der Waals surface area (Å²) >= 11 is 0. The van der Waals surface area contributed by atoms with Crippen molar-refractivity contribution in [2.75, 3.05) is 6.79 Å². The number of halogens is 3. The van der Waals surface area contributed by atoms with Crippen LogP contribution in [0.25, 0.3) is 11.0 Å². The molecule has 1 aliphatic rings. The van der Waals surface area contributed by atoms with Crippen LogP contribution in [-0.4, -0.2) is 28.5 Å². The quantitative estimate of drug-likeness (QED) is 0.549. The van der Waals surface area contributed by atoms with E-state index in [0.717, 1.165) is 4.57 Å². The molecule has 144 valence electrons. The van der Waals surface area contributed by atoms with E-state index in [1.807, 2.05) is 0 Å². The summed E-state index contributed by atoms with van der Waals surface area (Å²) in [7, 11) is 0. The van der Waals surface area contributed by atoms with Gasteiger partial charge in [-0.3, -0.25) is 4.79 Å². The highest BCUT2D eigenvalue weighted by molar-refractivity contribution is 5.84. The zero-order valence-corrected chi connectivity index (χ0v) is 14.2. The van der Waals surface area contributed by atoms with Gasteiger partial charge in [-0.1, -0.05) is 12.1 Å². The average molecular weight is 390 g/mol. The van der Waals surface area contributed by atoms with Crippen molar-refractivity contribution in [2.24, 2.45) is 5.10 Å². The van der Waals surface area contributed by atoms with E-state index in [1.54, 1.807) is 30.3 Å². The van der Waals surface area contributed by atoms with Gasteiger partial charge < -0.3 is 14.0 Å². The first kappa shape index (κ1) is 17.8. The number of carbonyl (C=O) groups is 1. The van der Waals surface area contributed by atoms with Crippen LogP contribution in [0.3, 0.4) is 0 Å². The molecule has 1 aliphatic heterocycles. The Kier molecular flexibility index (Phi) is 4.38. The molecule has 0 radical (unpaired) electrons. The van der Waals surface area contributed by atoms with Gasteiger partial charge in [0, 0.05) is 0 Å². The van der Waals surface area contributed by atoms with Crippen molar-refractivity contribution in [1.29, 1.82) is 0 Å². The van der Waals surface area contributed by atoms with Crippen LogP contribution in [-0.2, 0) is 17.5 Å². The number of benzene rings is 2. The second-order valence-corrected chi connectivity index (χ2v) is 5.91. The van der Waals surface area contributed by atoms with Crippen LogP contribution < -0.4 is 14.9 Å². The molecule has 1 N–H and O–H groups in total. The SMILES string of the molecule is O=C(Cn1c(C(F)(F)F)nc2ccccc21)N/N=C\c1ccc2c(c1)OCO2. The second-order valence-electron chi connectivity index (χ2n) is 5.91. The molecule has 0 spiro atoms. The van der Waals surface area contributed by atoms with E-state index in [0.29, 0.717) is 17.1 Å². The van der Waals surface area contributed by atoms with Crippen LogP contribution in [0.2, 0.25) is 0 Å². The Balaban J connectivity index is 1.49. The smallest absolute Gasteiger partial charge is 0.449 e. The van der Waals surface area contributed by atoms with Crippen molar-refractivity contribution in [3.63, 3.8) is 0 Å². The van der Waals surface area contributed by atoms with Gasteiger partial charge in [0.15, 0.2) is 11.5 Å². The predicted octanol–water partition coefficient (Wildman–Crippen LogP) is 2.93. The molecule has 28 heavy (non-hydrogen) atoms. The minimum absolute atomic E-state index is 0.132.